The summed E-state index contributed by atoms with van der Waals surface area (Å²) in [7, 11) is 0. The summed E-state index contributed by atoms with van der Waals surface area (Å²) in [4.78, 5) is 0. The number of likely N-dealkylation sites (N-methyl/N-ethyl adjacent to an activating group) is 1. The van der Waals surface area contributed by atoms with E-state index in [9.17, 15) is 0 Å². The van der Waals surface area contributed by atoms with Crippen LogP contribution in [0, 0.1) is 5.92 Å². The van der Waals surface area contributed by atoms with Gasteiger partial charge in [0.25, 0.3) is 0 Å². The van der Waals surface area contributed by atoms with Gasteiger partial charge in [0.15, 0.2) is 0 Å². The zero-order valence-electron chi connectivity index (χ0n) is 11.4. The molecule has 0 spiro atoms. The van der Waals surface area contributed by atoms with Gasteiger partial charge in [0.2, 0.25) is 0 Å². The minimum atomic E-state index is 0.619. The molecule has 0 aromatic carbocycles. The highest BCUT2D eigenvalue weighted by Crippen LogP contribution is 2.25. The third-order valence-corrected chi connectivity index (χ3v) is 3.61. The van der Waals surface area contributed by atoms with Crippen LogP contribution in [0.1, 0.15) is 65.7 Å². The van der Waals surface area contributed by atoms with Crippen molar-refractivity contribution in [3.63, 3.8) is 0 Å². The molecule has 1 rings (SSSR count). The fourth-order valence-corrected chi connectivity index (χ4v) is 2.80. The van der Waals surface area contributed by atoms with Gasteiger partial charge in [-0.2, -0.15) is 0 Å². The largest absolute Gasteiger partial charge is 0.311 e. The molecule has 0 radical (unpaired) electrons. The van der Waals surface area contributed by atoms with Crippen molar-refractivity contribution in [2.45, 2.75) is 71.8 Å². The van der Waals surface area contributed by atoms with Crippen molar-refractivity contribution in [1.82, 2.24) is 5.32 Å². The Balaban J connectivity index is 2.55. The maximum Gasteiger partial charge on any atom is 0.0280 e. The van der Waals surface area contributed by atoms with Crippen molar-refractivity contribution >= 4 is 0 Å². The van der Waals surface area contributed by atoms with E-state index in [1.54, 1.807) is 0 Å². The van der Waals surface area contributed by atoms with E-state index in [4.69, 9.17) is 0 Å². The summed E-state index contributed by atoms with van der Waals surface area (Å²) >= 11 is 0. The van der Waals surface area contributed by atoms with Crippen molar-refractivity contribution in [3.8, 4) is 0 Å². The molecule has 0 aromatic heterocycles. The van der Waals surface area contributed by atoms with Gasteiger partial charge in [-0.25, -0.2) is 0 Å². The van der Waals surface area contributed by atoms with Crippen LogP contribution in [-0.4, -0.2) is 12.6 Å². The molecule has 1 atom stereocenters. The van der Waals surface area contributed by atoms with Crippen molar-refractivity contribution in [2.24, 2.45) is 5.92 Å². The summed E-state index contributed by atoms with van der Waals surface area (Å²) in [6.45, 7) is 7.74. The molecule has 1 N–H and O–H groups in total. The Morgan fingerprint density at radius 3 is 2.19 bits per heavy atom. The normalized spacial score (nSPS) is 20.9. The first-order valence-corrected chi connectivity index (χ1v) is 7.12. The number of hydrogen-bond acceptors (Lipinski definition) is 1. The van der Waals surface area contributed by atoms with Gasteiger partial charge < -0.3 is 5.32 Å². The molecule has 0 bridgehead atoms. The lowest BCUT2D eigenvalue weighted by Gasteiger charge is -2.27. The monoisotopic (exact) mass is 223 g/mol. The van der Waals surface area contributed by atoms with E-state index >= 15 is 0 Å². The van der Waals surface area contributed by atoms with Crippen molar-refractivity contribution in [3.05, 3.63) is 11.6 Å². The lowest BCUT2D eigenvalue weighted by atomic mass is 9.85. The van der Waals surface area contributed by atoms with Crippen LogP contribution in [0.15, 0.2) is 11.6 Å². The zero-order valence-corrected chi connectivity index (χ0v) is 11.4. The van der Waals surface area contributed by atoms with Crippen LogP contribution in [0.3, 0.4) is 0 Å². The molecule has 1 aliphatic rings. The average molecular weight is 223 g/mol. The van der Waals surface area contributed by atoms with Crippen molar-refractivity contribution in [2.75, 3.05) is 6.54 Å². The van der Waals surface area contributed by atoms with Gasteiger partial charge in [0.05, 0.1) is 0 Å². The molecule has 0 saturated heterocycles. The third-order valence-electron chi connectivity index (χ3n) is 3.61. The van der Waals surface area contributed by atoms with E-state index < -0.39 is 0 Å². The molecule has 1 unspecified atom stereocenters. The topological polar surface area (TPSA) is 12.0 Å². The second-order valence-corrected chi connectivity index (χ2v) is 5.43. The van der Waals surface area contributed by atoms with Crippen LogP contribution in [0.5, 0.6) is 0 Å². The molecule has 1 fully saturated rings. The summed E-state index contributed by atoms with van der Waals surface area (Å²) in [6.07, 6.45) is 12.5. The molecule has 0 aliphatic heterocycles. The Morgan fingerprint density at radius 1 is 1.12 bits per heavy atom. The van der Waals surface area contributed by atoms with Gasteiger partial charge in [0, 0.05) is 6.04 Å². The second kappa shape index (κ2) is 7.89. The summed E-state index contributed by atoms with van der Waals surface area (Å²) < 4.78 is 0. The summed E-state index contributed by atoms with van der Waals surface area (Å²) in [5.41, 5.74) is 1.45. The van der Waals surface area contributed by atoms with Gasteiger partial charge in [0.1, 0.15) is 0 Å². The van der Waals surface area contributed by atoms with E-state index in [0.717, 1.165) is 12.5 Å². The molecule has 0 heterocycles. The van der Waals surface area contributed by atoms with E-state index in [1.165, 1.54) is 50.5 Å². The minimum Gasteiger partial charge on any atom is -0.311 e. The lowest BCUT2D eigenvalue weighted by molar-refractivity contribution is 0.321. The van der Waals surface area contributed by atoms with Gasteiger partial charge >= 0.3 is 0 Å². The predicted molar refractivity (Wildman–Crippen MR) is 72.7 cm³/mol. The highest BCUT2D eigenvalue weighted by molar-refractivity contribution is 5.03. The minimum absolute atomic E-state index is 0.619. The van der Waals surface area contributed by atoms with E-state index in [2.05, 4.69) is 32.2 Å². The average Bonchev–Trinajstić information content (AvgIpc) is 2.15. The maximum absolute atomic E-state index is 3.66. The molecule has 16 heavy (non-hydrogen) atoms. The summed E-state index contributed by atoms with van der Waals surface area (Å²) in [5, 5.41) is 3.66. The lowest BCUT2D eigenvalue weighted by Crippen LogP contribution is -2.35. The van der Waals surface area contributed by atoms with Crippen LogP contribution >= 0.6 is 0 Å². The first kappa shape index (κ1) is 13.8. The standard InChI is InChI=1S/C15H29N/c1-4-16-15(12-13(2)3)14-10-8-6-5-7-9-11-14/h12,14-16H,4-11H2,1-3H3. The SMILES string of the molecule is CCNC(C=C(C)C)C1CCCCCCC1. The third kappa shape index (κ3) is 5.16. The van der Waals surface area contributed by atoms with Crippen LogP contribution in [0.25, 0.3) is 0 Å². The molecule has 1 heteroatoms. The number of hydrogen-bond donors (Lipinski definition) is 1. The first-order valence-electron chi connectivity index (χ1n) is 7.12. The Bertz CT molecular complexity index is 195. The van der Waals surface area contributed by atoms with Crippen LogP contribution < -0.4 is 5.32 Å². The molecular weight excluding hydrogens is 194 g/mol. The van der Waals surface area contributed by atoms with E-state index in [-0.39, 0.29) is 0 Å². The maximum atomic E-state index is 3.66. The van der Waals surface area contributed by atoms with Crippen LogP contribution in [-0.2, 0) is 0 Å². The number of allylic oxidation sites excluding steroid dienone is 1. The van der Waals surface area contributed by atoms with Gasteiger partial charge in [-0.1, -0.05) is 50.7 Å². The Labute approximate surface area is 102 Å². The molecule has 0 amide bonds. The van der Waals surface area contributed by atoms with Crippen molar-refractivity contribution < 1.29 is 0 Å². The smallest absolute Gasteiger partial charge is 0.0280 e. The molecular formula is C15H29N. The molecule has 0 aromatic rings. The molecule has 94 valence electrons. The Morgan fingerprint density at radius 2 is 1.69 bits per heavy atom. The second-order valence-electron chi connectivity index (χ2n) is 5.43. The summed E-state index contributed by atoms with van der Waals surface area (Å²) in [5.74, 6) is 0.871. The number of rotatable bonds is 4. The van der Waals surface area contributed by atoms with Crippen molar-refractivity contribution in [1.29, 1.82) is 0 Å². The first-order chi connectivity index (χ1) is 7.74. The molecule has 1 aliphatic carbocycles. The summed E-state index contributed by atoms with van der Waals surface area (Å²) in [6, 6.07) is 0.619. The van der Waals surface area contributed by atoms with E-state index in [1.807, 2.05) is 0 Å². The fraction of sp³-hybridized carbons (Fsp3) is 0.867. The van der Waals surface area contributed by atoms with Gasteiger partial charge in [-0.3, -0.25) is 0 Å². The number of nitrogens with one attached hydrogen (secondary N) is 1. The predicted octanol–water partition coefficient (Wildman–Crippen LogP) is 4.29. The Kier molecular flexibility index (Phi) is 6.79. The Hall–Kier alpha value is -0.300. The van der Waals surface area contributed by atoms with Crippen LogP contribution in [0.2, 0.25) is 0 Å². The fourth-order valence-electron chi connectivity index (χ4n) is 2.80. The van der Waals surface area contributed by atoms with Gasteiger partial charge in [-0.05, 0) is 39.2 Å². The van der Waals surface area contributed by atoms with E-state index in [0.29, 0.717) is 6.04 Å². The van der Waals surface area contributed by atoms with Gasteiger partial charge in [-0.15, -0.1) is 0 Å². The van der Waals surface area contributed by atoms with Crippen LogP contribution in [0.4, 0.5) is 0 Å². The highest BCUT2D eigenvalue weighted by atomic mass is 14.9. The molecule has 1 nitrogen and oxygen atoms in total. The highest BCUT2D eigenvalue weighted by Gasteiger charge is 2.19. The zero-order chi connectivity index (χ0) is 11.8. The molecule has 1 saturated carbocycles. The quantitative estimate of drug-likeness (QED) is 0.701.